The summed E-state index contributed by atoms with van der Waals surface area (Å²) in [5.41, 5.74) is 1.08. The molecule has 2 N–H and O–H groups in total. The highest BCUT2D eigenvalue weighted by atomic mass is 19.1. The van der Waals surface area contributed by atoms with E-state index in [9.17, 15) is 23.5 Å². The lowest BCUT2D eigenvalue weighted by atomic mass is 10.0. The van der Waals surface area contributed by atoms with Crippen LogP contribution in [-0.2, 0) is 14.3 Å². The zero-order chi connectivity index (χ0) is 26.5. The molecule has 0 aromatic heterocycles. The number of rotatable bonds is 8. The van der Waals surface area contributed by atoms with Crippen LogP contribution in [0.1, 0.15) is 12.5 Å². The molecule has 1 unspecified atom stereocenters. The molecule has 0 radical (unpaired) electrons. The number of ether oxygens (including phenoxy) is 2. The first-order valence-electron chi connectivity index (χ1n) is 11.5. The van der Waals surface area contributed by atoms with Crippen LogP contribution >= 0.6 is 0 Å². The van der Waals surface area contributed by atoms with Crippen molar-refractivity contribution in [1.82, 2.24) is 15.1 Å². The second-order valence-electron chi connectivity index (χ2n) is 7.98. The van der Waals surface area contributed by atoms with Gasteiger partial charge in [0.15, 0.2) is 0 Å². The van der Waals surface area contributed by atoms with Crippen molar-refractivity contribution < 1.29 is 33.0 Å². The maximum absolute atomic E-state index is 14.3. The van der Waals surface area contributed by atoms with E-state index in [1.54, 1.807) is 26.1 Å². The lowest BCUT2D eigenvalue weighted by Gasteiger charge is -2.30. The number of hydrogen-bond acceptors (Lipinski definition) is 6. The van der Waals surface area contributed by atoms with Gasteiger partial charge >= 0.3 is 6.03 Å². The van der Waals surface area contributed by atoms with E-state index >= 15 is 0 Å². The zero-order valence-corrected chi connectivity index (χ0v) is 20.6. The minimum atomic E-state index is -0.628. The zero-order valence-electron chi connectivity index (χ0n) is 20.6. The maximum Gasteiger partial charge on any atom is 0.320 e. The number of morpholine rings is 1. The summed E-state index contributed by atoms with van der Waals surface area (Å²) in [6.45, 7) is 9.58. The minimum absolute atomic E-state index is 0.0245. The molecular formula is C26H33F2N3O5. The van der Waals surface area contributed by atoms with Crippen LogP contribution in [-0.4, -0.2) is 86.5 Å². The van der Waals surface area contributed by atoms with Crippen LogP contribution in [0, 0.1) is 11.6 Å². The summed E-state index contributed by atoms with van der Waals surface area (Å²) < 4.78 is 37.7. The van der Waals surface area contributed by atoms with Crippen LogP contribution in [0.3, 0.4) is 0 Å². The largest absolute Gasteiger partial charge is 0.508 e. The van der Waals surface area contributed by atoms with Crippen LogP contribution in [0.4, 0.5) is 13.6 Å². The summed E-state index contributed by atoms with van der Waals surface area (Å²) in [5.74, 6) is -1.29. The number of nitrogens with one attached hydrogen (secondary N) is 1. The number of halogens is 2. The Labute approximate surface area is 210 Å². The van der Waals surface area contributed by atoms with Gasteiger partial charge in [-0.3, -0.25) is 4.79 Å². The third-order valence-corrected chi connectivity index (χ3v) is 5.54. The molecule has 8 nitrogen and oxygen atoms in total. The van der Waals surface area contributed by atoms with E-state index in [0.717, 1.165) is 44.5 Å². The number of benzene rings is 1. The molecule has 10 heteroatoms. The first kappa shape index (κ1) is 28.7. The van der Waals surface area contributed by atoms with E-state index < -0.39 is 23.7 Å². The van der Waals surface area contributed by atoms with Gasteiger partial charge in [0.25, 0.3) is 6.47 Å². The molecule has 1 atom stereocenters. The summed E-state index contributed by atoms with van der Waals surface area (Å²) in [7, 11) is 1.54. The Kier molecular flexibility index (Phi) is 11.8. The molecule has 0 bridgehead atoms. The van der Waals surface area contributed by atoms with E-state index in [-0.39, 0.29) is 31.0 Å². The number of carbonyl (C=O) groups excluding carboxylic acids is 2. The molecule has 1 fully saturated rings. The molecule has 1 saturated heterocycles. The first-order chi connectivity index (χ1) is 17.3. The molecule has 36 heavy (non-hydrogen) atoms. The SMILES string of the molecule is C1COCCN1.C=C/C(O)=C\C(=C/C)C1C=C(c2cc(F)ccc2F)CN1C(=O)N(C)CCOC=O. The van der Waals surface area contributed by atoms with Crippen molar-refractivity contribution in [3.63, 3.8) is 0 Å². The quantitative estimate of drug-likeness (QED) is 0.244. The fourth-order valence-electron chi connectivity index (χ4n) is 3.63. The highest BCUT2D eigenvalue weighted by molar-refractivity contribution is 5.82. The lowest BCUT2D eigenvalue weighted by molar-refractivity contribution is -0.128. The van der Waals surface area contributed by atoms with Crippen molar-refractivity contribution in [2.45, 2.75) is 13.0 Å². The van der Waals surface area contributed by atoms with E-state index in [0.29, 0.717) is 17.6 Å². The summed E-state index contributed by atoms with van der Waals surface area (Å²) in [6.07, 6.45) is 6.08. The molecule has 0 aliphatic carbocycles. The molecule has 0 saturated carbocycles. The van der Waals surface area contributed by atoms with Crippen LogP contribution in [0.2, 0.25) is 0 Å². The summed E-state index contributed by atoms with van der Waals surface area (Å²) in [6, 6.07) is 2.12. The predicted octanol–water partition coefficient (Wildman–Crippen LogP) is 3.44. The molecule has 0 spiro atoms. The Bertz CT molecular complexity index is 994. The summed E-state index contributed by atoms with van der Waals surface area (Å²) in [4.78, 5) is 26.2. The average Bonchev–Trinajstić information content (AvgIpc) is 3.34. The second kappa shape index (κ2) is 14.8. The van der Waals surface area contributed by atoms with Crippen LogP contribution in [0.25, 0.3) is 5.57 Å². The average molecular weight is 506 g/mol. The van der Waals surface area contributed by atoms with Gasteiger partial charge in [-0.25, -0.2) is 13.6 Å². The third-order valence-electron chi connectivity index (χ3n) is 5.54. The maximum atomic E-state index is 14.3. The lowest BCUT2D eigenvalue weighted by Crippen LogP contribution is -2.45. The van der Waals surface area contributed by atoms with Crippen molar-refractivity contribution in [2.24, 2.45) is 0 Å². The molecule has 196 valence electrons. The normalized spacial score (nSPS) is 18.1. The van der Waals surface area contributed by atoms with Crippen molar-refractivity contribution in [1.29, 1.82) is 0 Å². The Hall–Kier alpha value is -3.50. The Morgan fingerprint density at radius 1 is 1.36 bits per heavy atom. The number of urea groups is 1. The number of nitrogens with zero attached hydrogens (tertiary/aromatic N) is 2. The molecule has 2 heterocycles. The van der Waals surface area contributed by atoms with Crippen molar-refractivity contribution >= 4 is 18.1 Å². The van der Waals surface area contributed by atoms with Gasteiger partial charge < -0.3 is 29.7 Å². The minimum Gasteiger partial charge on any atom is -0.508 e. The Balaban J connectivity index is 0.000000662. The van der Waals surface area contributed by atoms with Gasteiger partial charge in [0.2, 0.25) is 0 Å². The van der Waals surface area contributed by atoms with Gasteiger partial charge in [-0.15, -0.1) is 0 Å². The van der Waals surface area contributed by atoms with Crippen molar-refractivity contribution in [2.75, 3.05) is 53.0 Å². The molecule has 1 aromatic rings. The molecule has 2 aliphatic rings. The van der Waals surface area contributed by atoms with E-state index in [2.05, 4.69) is 16.6 Å². The third kappa shape index (κ3) is 8.31. The van der Waals surface area contributed by atoms with Crippen LogP contribution in [0.15, 0.2) is 60.4 Å². The van der Waals surface area contributed by atoms with Gasteiger partial charge in [-0.2, -0.15) is 0 Å². The second-order valence-corrected chi connectivity index (χ2v) is 7.98. The van der Waals surface area contributed by atoms with Gasteiger partial charge in [-0.1, -0.05) is 18.7 Å². The number of carbonyl (C=O) groups is 2. The number of allylic oxidation sites excluding steroid dienone is 2. The number of likely N-dealkylation sites (N-methyl/N-ethyl adjacent to an activating group) is 1. The number of aliphatic hydroxyl groups excluding tert-OH is 1. The van der Waals surface area contributed by atoms with Gasteiger partial charge in [0.05, 0.1) is 25.8 Å². The summed E-state index contributed by atoms with van der Waals surface area (Å²) in [5, 5.41) is 13.0. The number of aliphatic hydroxyl groups is 1. The number of amides is 2. The Morgan fingerprint density at radius 3 is 2.64 bits per heavy atom. The molecule has 1 aromatic carbocycles. The van der Waals surface area contributed by atoms with Crippen molar-refractivity contribution in [3.05, 3.63) is 77.6 Å². The van der Waals surface area contributed by atoms with E-state index in [1.807, 2.05) is 0 Å². The predicted molar refractivity (Wildman–Crippen MR) is 133 cm³/mol. The molecule has 2 amide bonds. The number of hydrogen-bond donors (Lipinski definition) is 2. The Morgan fingerprint density at radius 2 is 2.08 bits per heavy atom. The fourth-order valence-corrected chi connectivity index (χ4v) is 3.63. The molecule has 3 rings (SSSR count). The van der Waals surface area contributed by atoms with Crippen LogP contribution < -0.4 is 5.32 Å². The van der Waals surface area contributed by atoms with Gasteiger partial charge in [0.1, 0.15) is 24.0 Å². The van der Waals surface area contributed by atoms with Gasteiger partial charge in [-0.05, 0) is 48.4 Å². The monoisotopic (exact) mass is 505 g/mol. The standard InChI is InChI=1S/C22H24F2N2O4.C4H9NO/c1-4-15(10-18(28)5-2)21-11-16(19-12-17(23)6-7-20(19)24)13-26(21)22(29)25(3)8-9-30-14-27;1-3-6-4-2-5-1/h4-7,10-12,14,21,28H,2,8-9,13H2,1,3H3;5H,1-4H2/b15-4+,18-10+;. The van der Waals surface area contributed by atoms with Gasteiger partial charge in [0, 0.05) is 32.2 Å². The fraction of sp³-hybridized carbons (Fsp3) is 0.385. The van der Waals surface area contributed by atoms with E-state index in [1.165, 1.54) is 22.0 Å². The highest BCUT2D eigenvalue weighted by Crippen LogP contribution is 2.32. The van der Waals surface area contributed by atoms with E-state index in [4.69, 9.17) is 4.74 Å². The van der Waals surface area contributed by atoms with Crippen LogP contribution in [0.5, 0.6) is 0 Å². The molecule has 2 aliphatic heterocycles. The molecular weight excluding hydrogens is 472 g/mol. The topological polar surface area (TPSA) is 91.3 Å². The smallest absolute Gasteiger partial charge is 0.320 e. The van der Waals surface area contributed by atoms with Crippen molar-refractivity contribution in [3.8, 4) is 0 Å². The summed E-state index contributed by atoms with van der Waals surface area (Å²) >= 11 is 0. The highest BCUT2D eigenvalue weighted by Gasteiger charge is 2.33. The first-order valence-corrected chi connectivity index (χ1v) is 11.5.